The molecule has 246 valence electrons. The third-order valence-electron chi connectivity index (χ3n) is 8.33. The normalized spacial score (nSPS) is 24.2. The highest BCUT2D eigenvalue weighted by Crippen LogP contribution is 2.30. The van der Waals surface area contributed by atoms with Crippen molar-refractivity contribution in [1.29, 1.82) is 0 Å². The van der Waals surface area contributed by atoms with Gasteiger partial charge < -0.3 is 44.4 Å². The number of aliphatic hydroxyl groups excluding tert-OH is 3. The van der Waals surface area contributed by atoms with E-state index in [-0.39, 0.29) is 19.0 Å². The highest BCUT2D eigenvalue weighted by molar-refractivity contribution is 6.41. The molecule has 0 aliphatic heterocycles. The summed E-state index contributed by atoms with van der Waals surface area (Å²) in [5.74, 6) is 0. The molecular weight excluding hydrogens is 537 g/mol. The molecule has 6 atom stereocenters. The first-order valence-corrected chi connectivity index (χ1v) is 17.2. The summed E-state index contributed by atoms with van der Waals surface area (Å²) in [6.45, 7) is 6.42. The molecule has 0 aromatic heterocycles. The lowest BCUT2D eigenvalue weighted by molar-refractivity contribution is -0.284. The number of unbranched alkanes of at least 4 members (excludes halogenated alkanes) is 15. The second-order valence-corrected chi connectivity index (χ2v) is 12.2. The molecule has 1 saturated carbocycles. The van der Waals surface area contributed by atoms with Crippen LogP contribution in [0.4, 0.5) is 0 Å². The van der Waals surface area contributed by atoms with Crippen LogP contribution in [0.1, 0.15) is 136 Å². The van der Waals surface area contributed by atoms with Gasteiger partial charge in [0.2, 0.25) is 0 Å². The molecule has 1 aliphatic carbocycles. The number of rotatable bonds is 27. The van der Waals surface area contributed by atoms with Gasteiger partial charge in [-0.05, 0) is 0 Å². The van der Waals surface area contributed by atoms with Crippen LogP contribution in [0, 0.1) is 0 Å². The Morgan fingerprint density at radius 1 is 0.405 bits per heavy atom. The molecule has 0 aromatic rings. The van der Waals surface area contributed by atoms with Gasteiger partial charge >= 0.3 is 0 Å². The van der Waals surface area contributed by atoms with Crippen LogP contribution in [0.25, 0.3) is 0 Å². The topological polar surface area (TPSA) is 158 Å². The molecule has 0 bridgehead atoms. The molecule has 2 unspecified atom stereocenters. The summed E-state index contributed by atoms with van der Waals surface area (Å²) in [5.41, 5.74) is 0. The molecule has 0 spiro atoms. The summed E-state index contributed by atoms with van der Waals surface area (Å²) < 4.78 is 17.1. The quantitative estimate of drug-likeness (QED) is 0.0957. The van der Waals surface area contributed by atoms with Crippen molar-refractivity contribution in [3.05, 3.63) is 0 Å². The van der Waals surface area contributed by atoms with Crippen LogP contribution in [0.15, 0.2) is 0 Å². The minimum absolute atomic E-state index is 0.201. The summed E-state index contributed by atoms with van der Waals surface area (Å²) >= 11 is 0. The van der Waals surface area contributed by atoms with Crippen molar-refractivity contribution in [3.8, 4) is 0 Å². The van der Waals surface area contributed by atoms with Crippen molar-refractivity contribution in [1.82, 2.24) is 0 Å². The average Bonchev–Trinajstić information content (AvgIpc) is 2.97. The van der Waals surface area contributed by atoms with Gasteiger partial charge in [-0.1, -0.05) is 155 Å². The van der Waals surface area contributed by atoms with Gasteiger partial charge in [0, 0.05) is 0 Å². The maximum absolute atomic E-state index is 12.9. The smallest absolute Gasteiger partial charge is 0.183 e. The van der Waals surface area contributed by atoms with E-state index in [2.05, 4.69) is 20.8 Å². The van der Waals surface area contributed by atoms with E-state index in [0.717, 1.165) is 96.3 Å². The lowest BCUT2D eigenvalue weighted by Crippen LogP contribution is -2.69. The Labute approximate surface area is 257 Å². The van der Waals surface area contributed by atoms with Gasteiger partial charge in [0.1, 0.15) is 18.3 Å². The fourth-order valence-corrected chi connectivity index (χ4v) is 5.64. The van der Waals surface area contributed by atoms with Crippen molar-refractivity contribution < 1.29 is 44.4 Å². The summed E-state index contributed by atoms with van der Waals surface area (Å²) in [5, 5.41) is 70.8. The van der Waals surface area contributed by atoms with Crippen LogP contribution in [0.3, 0.4) is 0 Å². The SMILES string of the molecule is CCCCCCCCB([O-])OC1[C@@H](OB([O-])CCCCCCCC)[C@H](O)C(O)[C@@H](O)[C@H]1OB([O-])CCCCCCCC. The van der Waals surface area contributed by atoms with Crippen LogP contribution in [-0.4, -0.2) is 73.3 Å². The summed E-state index contributed by atoms with van der Waals surface area (Å²) in [7, 11) is -4.54. The first-order valence-electron chi connectivity index (χ1n) is 17.2. The second-order valence-electron chi connectivity index (χ2n) is 12.2. The first-order chi connectivity index (χ1) is 20.3. The van der Waals surface area contributed by atoms with Crippen molar-refractivity contribution in [2.75, 3.05) is 0 Å². The zero-order valence-corrected chi connectivity index (χ0v) is 26.8. The molecule has 1 rings (SSSR count). The van der Waals surface area contributed by atoms with Crippen LogP contribution in [0.5, 0.6) is 0 Å². The molecule has 1 aliphatic rings. The third-order valence-corrected chi connectivity index (χ3v) is 8.33. The summed E-state index contributed by atoms with van der Waals surface area (Å²) in [6, 6.07) is 0. The summed E-state index contributed by atoms with van der Waals surface area (Å²) in [4.78, 5) is 0. The molecule has 9 nitrogen and oxygen atoms in total. The van der Waals surface area contributed by atoms with E-state index in [1.54, 1.807) is 0 Å². The standard InChI is InChI=1S/C30H60B3O9/c1-4-7-10-13-16-19-22-31(37)40-28-26(35)25(34)27(36)29(41-32(38)23-20-17-14-11-8-5-2)30(28)42-33(39)24-21-18-15-12-9-6-3/h25-30,34-36H,4-24H2,1-3H3/q-3/t25?,26-,27-,28-,29+,30?/m1/s1. The molecular formula is C30H60B3O9-3. The zero-order valence-electron chi connectivity index (χ0n) is 26.8. The van der Waals surface area contributed by atoms with E-state index in [4.69, 9.17) is 14.0 Å². The second kappa shape index (κ2) is 25.1. The lowest BCUT2D eigenvalue weighted by atomic mass is 9.75. The number of hydrogen-bond acceptors (Lipinski definition) is 9. The Balaban J connectivity index is 2.86. The van der Waals surface area contributed by atoms with Crippen LogP contribution in [0.2, 0.25) is 19.0 Å². The fourth-order valence-electron chi connectivity index (χ4n) is 5.64. The van der Waals surface area contributed by atoms with E-state index in [1.807, 2.05) is 0 Å². The predicted octanol–water partition coefficient (Wildman–Crippen LogP) is 2.87. The molecule has 3 N–H and O–H groups in total. The van der Waals surface area contributed by atoms with E-state index in [0.29, 0.717) is 19.3 Å². The van der Waals surface area contributed by atoms with Gasteiger partial charge in [0.15, 0.2) is 21.4 Å². The molecule has 0 aromatic carbocycles. The molecule has 0 radical (unpaired) electrons. The summed E-state index contributed by atoms with van der Waals surface area (Å²) in [6.07, 6.45) is 9.27. The Kier molecular flexibility index (Phi) is 23.8. The Bertz CT molecular complexity index is 587. The highest BCUT2D eigenvalue weighted by Gasteiger charge is 2.51. The van der Waals surface area contributed by atoms with Crippen molar-refractivity contribution in [2.24, 2.45) is 0 Å². The Morgan fingerprint density at radius 3 is 0.976 bits per heavy atom. The van der Waals surface area contributed by atoms with E-state index >= 15 is 0 Å². The maximum atomic E-state index is 12.9. The fraction of sp³-hybridized carbons (Fsp3) is 1.00. The zero-order chi connectivity index (χ0) is 31.2. The van der Waals surface area contributed by atoms with Gasteiger partial charge in [0.25, 0.3) is 0 Å². The van der Waals surface area contributed by atoms with Crippen molar-refractivity contribution in [3.63, 3.8) is 0 Å². The lowest BCUT2D eigenvalue weighted by Gasteiger charge is -2.50. The monoisotopic (exact) mass is 597 g/mol. The van der Waals surface area contributed by atoms with E-state index in [1.165, 1.54) is 0 Å². The number of hydrogen-bond donors (Lipinski definition) is 3. The highest BCUT2D eigenvalue weighted by atomic mass is 16.6. The molecule has 1 fully saturated rings. The van der Waals surface area contributed by atoms with Gasteiger partial charge in [-0.2, -0.15) is 0 Å². The third kappa shape index (κ3) is 16.8. The van der Waals surface area contributed by atoms with E-state index in [9.17, 15) is 30.4 Å². The van der Waals surface area contributed by atoms with E-state index < -0.39 is 58.0 Å². The molecule has 0 saturated heterocycles. The molecule has 12 heteroatoms. The van der Waals surface area contributed by atoms with Gasteiger partial charge in [-0.25, -0.2) is 0 Å². The van der Waals surface area contributed by atoms with Crippen LogP contribution < -0.4 is 15.1 Å². The largest absolute Gasteiger partial charge is 0.856 e. The predicted molar refractivity (Wildman–Crippen MR) is 164 cm³/mol. The average molecular weight is 597 g/mol. The van der Waals surface area contributed by atoms with Gasteiger partial charge in [-0.3, -0.25) is 0 Å². The minimum Gasteiger partial charge on any atom is -0.856 e. The number of aliphatic hydroxyl groups is 3. The van der Waals surface area contributed by atoms with Gasteiger partial charge in [-0.15, -0.1) is 0 Å². The maximum Gasteiger partial charge on any atom is 0.183 e. The van der Waals surface area contributed by atoms with Crippen LogP contribution >= 0.6 is 0 Å². The Morgan fingerprint density at radius 2 is 0.667 bits per heavy atom. The van der Waals surface area contributed by atoms with Crippen LogP contribution in [-0.2, 0) is 14.0 Å². The van der Waals surface area contributed by atoms with Gasteiger partial charge in [0.05, 0.1) is 18.3 Å². The minimum atomic E-state index is -1.72. The molecule has 0 heterocycles. The molecule has 0 amide bonds. The van der Waals surface area contributed by atoms with Crippen molar-refractivity contribution >= 4 is 21.4 Å². The van der Waals surface area contributed by atoms with Crippen molar-refractivity contribution in [2.45, 2.75) is 192 Å². The Hall–Kier alpha value is -0.165. The first kappa shape index (κ1) is 39.9. The molecule has 42 heavy (non-hydrogen) atoms.